The molecule has 6 nitrogen and oxygen atoms in total. The van der Waals surface area contributed by atoms with Gasteiger partial charge in [-0.25, -0.2) is 8.42 Å². The summed E-state index contributed by atoms with van der Waals surface area (Å²) < 4.78 is 27.4. The number of hydrogen-bond acceptors (Lipinski definition) is 4. The minimum absolute atomic E-state index is 0.0105. The van der Waals surface area contributed by atoms with Gasteiger partial charge >= 0.3 is 0 Å². The Hall–Kier alpha value is -2.85. The Morgan fingerprint density at radius 2 is 1.83 bits per heavy atom. The molecule has 24 heavy (non-hydrogen) atoms. The average molecular weight is 343 g/mol. The van der Waals surface area contributed by atoms with E-state index in [1.807, 2.05) is 6.07 Å². The van der Waals surface area contributed by atoms with Crippen molar-refractivity contribution in [3.05, 3.63) is 59.7 Å². The maximum Gasteiger partial charge on any atom is 0.261 e. The fourth-order valence-corrected chi connectivity index (χ4v) is 3.15. The molecule has 0 saturated carbocycles. The maximum atomic E-state index is 12.5. The highest BCUT2D eigenvalue weighted by Gasteiger charge is 2.17. The summed E-state index contributed by atoms with van der Waals surface area (Å²) in [6.45, 7) is 0. The number of amides is 1. The Morgan fingerprint density at radius 1 is 1.17 bits per heavy atom. The highest BCUT2D eigenvalue weighted by atomic mass is 32.2. The predicted octanol–water partition coefficient (Wildman–Crippen LogP) is 2.26. The molecule has 0 bridgehead atoms. The summed E-state index contributed by atoms with van der Waals surface area (Å²) in [6.07, 6.45) is 0.266. The Labute approximate surface area is 141 Å². The summed E-state index contributed by atoms with van der Waals surface area (Å²) in [5.74, 6) is -0.270. The monoisotopic (exact) mass is 343 g/mol. The van der Waals surface area contributed by atoms with Crippen LogP contribution in [0.4, 0.5) is 5.69 Å². The number of hydrogen-bond donors (Lipinski definition) is 1. The van der Waals surface area contributed by atoms with Gasteiger partial charge in [-0.3, -0.25) is 9.52 Å². The molecule has 0 heterocycles. The van der Waals surface area contributed by atoms with Crippen LogP contribution in [0.25, 0.3) is 0 Å². The van der Waals surface area contributed by atoms with E-state index in [9.17, 15) is 13.2 Å². The van der Waals surface area contributed by atoms with Gasteiger partial charge in [-0.1, -0.05) is 18.2 Å². The Bertz CT molecular complexity index is 882. The first-order valence-corrected chi connectivity index (χ1v) is 8.62. The van der Waals surface area contributed by atoms with Crippen LogP contribution in [0.3, 0.4) is 0 Å². The molecule has 1 amide bonds. The van der Waals surface area contributed by atoms with E-state index in [2.05, 4.69) is 4.72 Å². The van der Waals surface area contributed by atoms with Gasteiger partial charge in [0.2, 0.25) is 0 Å². The lowest BCUT2D eigenvalue weighted by Crippen LogP contribution is -2.22. The fraction of sp³-hybridized carbons (Fsp3) is 0.176. The lowest BCUT2D eigenvalue weighted by atomic mass is 10.1. The molecular weight excluding hydrogens is 326 g/mol. The summed E-state index contributed by atoms with van der Waals surface area (Å²) in [5.41, 5.74) is 1.49. The first-order chi connectivity index (χ1) is 11.3. The molecule has 0 unspecified atom stereocenters. The van der Waals surface area contributed by atoms with Gasteiger partial charge < -0.3 is 4.90 Å². The normalized spacial score (nSPS) is 10.7. The Kier molecular flexibility index (Phi) is 5.21. The van der Waals surface area contributed by atoms with Crippen LogP contribution >= 0.6 is 0 Å². The number of sulfonamides is 1. The zero-order valence-electron chi connectivity index (χ0n) is 13.4. The van der Waals surface area contributed by atoms with Crippen molar-refractivity contribution in [2.75, 3.05) is 18.8 Å². The topological polar surface area (TPSA) is 90.3 Å². The first kappa shape index (κ1) is 17.5. The van der Waals surface area contributed by atoms with Crippen LogP contribution in [0.1, 0.15) is 15.9 Å². The first-order valence-electron chi connectivity index (χ1n) is 7.14. The molecule has 0 aliphatic carbocycles. The van der Waals surface area contributed by atoms with Crippen molar-refractivity contribution < 1.29 is 13.2 Å². The molecule has 1 N–H and O–H groups in total. The van der Waals surface area contributed by atoms with Crippen molar-refractivity contribution in [2.45, 2.75) is 11.3 Å². The minimum Gasteiger partial charge on any atom is -0.345 e. The van der Waals surface area contributed by atoms with Crippen LogP contribution in [-0.4, -0.2) is 33.3 Å². The number of rotatable bonds is 5. The number of nitriles is 1. The summed E-state index contributed by atoms with van der Waals surface area (Å²) in [6, 6.07) is 14.5. The van der Waals surface area contributed by atoms with Gasteiger partial charge in [0.05, 0.1) is 17.4 Å². The highest BCUT2D eigenvalue weighted by Crippen LogP contribution is 2.18. The standard InChI is InChI=1S/C17H17N3O3S/c1-20(2)17(21)14-4-3-5-16(12-14)24(22,23)19-15-8-6-13(7-9-15)10-11-18/h3-9,12,19H,10H2,1-2H3. The van der Waals surface area contributed by atoms with Crippen LogP contribution in [0.5, 0.6) is 0 Å². The molecule has 0 aliphatic heterocycles. The van der Waals surface area contributed by atoms with E-state index in [1.165, 1.54) is 23.1 Å². The van der Waals surface area contributed by atoms with Gasteiger partial charge in [-0.15, -0.1) is 0 Å². The second-order valence-corrected chi connectivity index (χ2v) is 7.05. The molecule has 124 valence electrons. The van der Waals surface area contributed by atoms with Crippen LogP contribution in [0.15, 0.2) is 53.4 Å². The molecule has 2 aromatic carbocycles. The largest absolute Gasteiger partial charge is 0.345 e. The van der Waals surface area contributed by atoms with Crippen molar-refractivity contribution in [3.8, 4) is 6.07 Å². The summed E-state index contributed by atoms with van der Waals surface area (Å²) in [5, 5.41) is 8.64. The summed E-state index contributed by atoms with van der Waals surface area (Å²) >= 11 is 0. The zero-order chi connectivity index (χ0) is 17.7. The molecule has 0 aliphatic rings. The number of nitrogens with zero attached hydrogens (tertiary/aromatic N) is 2. The number of nitrogens with one attached hydrogen (secondary N) is 1. The van der Waals surface area contributed by atoms with Crippen molar-refractivity contribution >= 4 is 21.6 Å². The molecule has 7 heteroatoms. The number of carbonyl (C=O) groups excluding carboxylic acids is 1. The third kappa shape index (κ3) is 4.12. The van der Waals surface area contributed by atoms with E-state index in [0.717, 1.165) is 5.56 Å². The molecule has 0 saturated heterocycles. The van der Waals surface area contributed by atoms with E-state index in [0.29, 0.717) is 11.3 Å². The number of benzene rings is 2. The summed E-state index contributed by atoms with van der Waals surface area (Å²) in [4.78, 5) is 13.4. The second-order valence-electron chi connectivity index (χ2n) is 5.36. The van der Waals surface area contributed by atoms with Gasteiger partial charge in [-0.2, -0.15) is 5.26 Å². The van der Waals surface area contributed by atoms with Gasteiger partial charge in [0.25, 0.3) is 15.9 Å². The fourth-order valence-electron chi connectivity index (χ4n) is 2.05. The molecule has 2 aromatic rings. The molecule has 0 fully saturated rings. The van der Waals surface area contributed by atoms with Crippen LogP contribution in [-0.2, 0) is 16.4 Å². The Morgan fingerprint density at radius 3 is 2.42 bits per heavy atom. The average Bonchev–Trinajstić information content (AvgIpc) is 2.56. The minimum atomic E-state index is -3.81. The summed E-state index contributed by atoms with van der Waals surface area (Å²) in [7, 11) is -0.602. The highest BCUT2D eigenvalue weighted by molar-refractivity contribution is 7.92. The van der Waals surface area contributed by atoms with Crippen LogP contribution in [0, 0.1) is 11.3 Å². The number of anilines is 1. The third-order valence-electron chi connectivity index (χ3n) is 3.29. The van der Waals surface area contributed by atoms with Crippen LogP contribution < -0.4 is 4.72 Å². The zero-order valence-corrected chi connectivity index (χ0v) is 14.2. The molecular formula is C17H17N3O3S. The van der Waals surface area contributed by atoms with E-state index in [-0.39, 0.29) is 17.2 Å². The quantitative estimate of drug-likeness (QED) is 0.901. The molecule has 0 spiro atoms. The van der Waals surface area contributed by atoms with Crippen LogP contribution in [0.2, 0.25) is 0 Å². The van der Waals surface area contributed by atoms with E-state index < -0.39 is 10.0 Å². The van der Waals surface area contributed by atoms with Crippen molar-refractivity contribution in [1.29, 1.82) is 5.26 Å². The van der Waals surface area contributed by atoms with Crippen molar-refractivity contribution in [3.63, 3.8) is 0 Å². The maximum absolute atomic E-state index is 12.5. The van der Waals surface area contributed by atoms with Gasteiger partial charge in [0, 0.05) is 25.3 Å². The third-order valence-corrected chi connectivity index (χ3v) is 4.67. The van der Waals surface area contributed by atoms with E-state index >= 15 is 0 Å². The molecule has 0 radical (unpaired) electrons. The van der Waals surface area contributed by atoms with E-state index in [1.54, 1.807) is 44.4 Å². The number of carbonyl (C=O) groups is 1. The SMILES string of the molecule is CN(C)C(=O)c1cccc(S(=O)(=O)Nc2ccc(CC#N)cc2)c1. The van der Waals surface area contributed by atoms with Crippen molar-refractivity contribution in [1.82, 2.24) is 4.90 Å². The molecule has 0 aromatic heterocycles. The van der Waals surface area contributed by atoms with Crippen molar-refractivity contribution in [2.24, 2.45) is 0 Å². The van der Waals surface area contributed by atoms with Gasteiger partial charge in [-0.05, 0) is 35.9 Å². The molecule has 2 rings (SSSR count). The van der Waals surface area contributed by atoms with Gasteiger partial charge in [0.1, 0.15) is 0 Å². The molecule has 0 atom stereocenters. The smallest absolute Gasteiger partial charge is 0.261 e. The lowest BCUT2D eigenvalue weighted by Gasteiger charge is -2.12. The predicted molar refractivity (Wildman–Crippen MR) is 91.0 cm³/mol. The van der Waals surface area contributed by atoms with Gasteiger partial charge in [0.15, 0.2) is 0 Å². The van der Waals surface area contributed by atoms with E-state index in [4.69, 9.17) is 5.26 Å². The Balaban J connectivity index is 2.26. The second kappa shape index (κ2) is 7.15. The lowest BCUT2D eigenvalue weighted by molar-refractivity contribution is 0.0827.